The van der Waals surface area contributed by atoms with Gasteiger partial charge < -0.3 is 14.1 Å². The summed E-state index contributed by atoms with van der Waals surface area (Å²) in [4.78, 5) is 19.0. The molecule has 0 aliphatic carbocycles. The molecule has 0 spiro atoms. The summed E-state index contributed by atoms with van der Waals surface area (Å²) in [5.74, 6) is 1.23. The number of aromatic nitrogens is 1. The molecule has 5 nitrogen and oxygen atoms in total. The minimum absolute atomic E-state index is 0.119. The Bertz CT molecular complexity index is 835. The quantitative estimate of drug-likeness (QED) is 0.619. The van der Waals surface area contributed by atoms with Gasteiger partial charge in [-0.2, -0.15) is 0 Å². The molecule has 0 saturated carbocycles. The molecule has 0 aliphatic rings. The summed E-state index contributed by atoms with van der Waals surface area (Å²) < 4.78 is 11.4. The molecule has 0 atom stereocenters. The molecule has 0 bridgehead atoms. The van der Waals surface area contributed by atoms with E-state index in [2.05, 4.69) is 20.9 Å². The fourth-order valence-corrected chi connectivity index (χ4v) is 2.88. The van der Waals surface area contributed by atoms with Gasteiger partial charge in [0, 0.05) is 23.4 Å². The number of benzene rings is 1. The minimum Gasteiger partial charge on any atom is -0.497 e. The second-order valence-corrected chi connectivity index (χ2v) is 6.30. The van der Waals surface area contributed by atoms with Crippen LogP contribution in [0.5, 0.6) is 5.75 Å². The van der Waals surface area contributed by atoms with Crippen LogP contribution in [0.15, 0.2) is 70.0 Å². The molecule has 0 unspecified atom stereocenters. The fraction of sp³-hybridized carbons (Fsp3) is 0.158. The van der Waals surface area contributed by atoms with Gasteiger partial charge in [0.2, 0.25) is 0 Å². The van der Waals surface area contributed by atoms with Crippen LogP contribution in [0.3, 0.4) is 0 Å². The number of hydrogen-bond donors (Lipinski definition) is 0. The molecule has 2 aromatic heterocycles. The molecule has 2 heterocycles. The Morgan fingerprint density at radius 3 is 2.80 bits per heavy atom. The maximum absolute atomic E-state index is 13.1. The van der Waals surface area contributed by atoms with Crippen molar-refractivity contribution in [2.75, 3.05) is 7.11 Å². The lowest BCUT2D eigenvalue weighted by Crippen LogP contribution is -2.30. The highest BCUT2D eigenvalue weighted by Gasteiger charge is 2.21. The number of furan rings is 1. The number of pyridine rings is 1. The van der Waals surface area contributed by atoms with Gasteiger partial charge in [0.1, 0.15) is 11.5 Å². The second kappa shape index (κ2) is 7.98. The van der Waals surface area contributed by atoms with Crippen molar-refractivity contribution in [2.45, 2.75) is 13.1 Å². The first-order chi connectivity index (χ1) is 12.2. The van der Waals surface area contributed by atoms with Crippen molar-refractivity contribution in [3.8, 4) is 5.75 Å². The lowest BCUT2D eigenvalue weighted by molar-refractivity contribution is 0.0716. The molecule has 1 aromatic carbocycles. The first-order valence-electron chi connectivity index (χ1n) is 7.71. The molecule has 0 fully saturated rings. The van der Waals surface area contributed by atoms with Crippen LogP contribution in [0.4, 0.5) is 0 Å². The van der Waals surface area contributed by atoms with E-state index in [1.54, 1.807) is 48.9 Å². The molecular formula is C19H17BrN2O3. The molecule has 25 heavy (non-hydrogen) atoms. The molecule has 3 aromatic rings. The third-order valence-electron chi connectivity index (χ3n) is 3.71. The first kappa shape index (κ1) is 17.2. The van der Waals surface area contributed by atoms with E-state index in [-0.39, 0.29) is 5.91 Å². The summed E-state index contributed by atoms with van der Waals surface area (Å²) in [5, 5.41) is 0. The smallest absolute Gasteiger partial charge is 0.255 e. The number of carbonyl (C=O) groups excluding carboxylic acids is 1. The van der Waals surface area contributed by atoms with Crippen molar-refractivity contribution in [1.29, 1.82) is 0 Å². The molecular weight excluding hydrogens is 384 g/mol. The van der Waals surface area contributed by atoms with Crippen LogP contribution in [0.25, 0.3) is 0 Å². The lowest BCUT2D eigenvalue weighted by atomic mass is 10.1. The van der Waals surface area contributed by atoms with Crippen LogP contribution in [0, 0.1) is 0 Å². The van der Waals surface area contributed by atoms with Crippen LogP contribution >= 0.6 is 15.9 Å². The van der Waals surface area contributed by atoms with Crippen molar-refractivity contribution < 1.29 is 13.9 Å². The van der Waals surface area contributed by atoms with Crippen LogP contribution < -0.4 is 4.74 Å². The number of amides is 1. The Morgan fingerprint density at radius 2 is 2.12 bits per heavy atom. The van der Waals surface area contributed by atoms with Gasteiger partial charge in [-0.05, 0) is 57.9 Å². The number of rotatable bonds is 6. The largest absolute Gasteiger partial charge is 0.497 e. The molecule has 3 rings (SSSR count). The minimum atomic E-state index is -0.119. The standard InChI is InChI=1S/C19H17BrN2O3/c1-24-15-6-7-18(20)17(10-15)19(23)22(13-16-5-3-9-25-16)12-14-4-2-8-21-11-14/h2-11H,12-13H2,1H3. The fourth-order valence-electron chi connectivity index (χ4n) is 2.47. The number of ether oxygens (including phenoxy) is 1. The molecule has 0 aliphatic heterocycles. The predicted octanol–water partition coefficient (Wildman–Crippen LogP) is 4.29. The van der Waals surface area contributed by atoms with Crippen LogP contribution in [-0.4, -0.2) is 22.9 Å². The van der Waals surface area contributed by atoms with Gasteiger partial charge in [0.25, 0.3) is 5.91 Å². The van der Waals surface area contributed by atoms with Crippen molar-refractivity contribution in [3.63, 3.8) is 0 Å². The highest BCUT2D eigenvalue weighted by atomic mass is 79.9. The summed E-state index contributed by atoms with van der Waals surface area (Å²) in [6.07, 6.45) is 5.06. The molecule has 0 N–H and O–H groups in total. The van der Waals surface area contributed by atoms with Crippen molar-refractivity contribution in [2.24, 2.45) is 0 Å². The third kappa shape index (κ3) is 4.28. The molecule has 1 amide bonds. The SMILES string of the molecule is COc1ccc(Br)c(C(=O)N(Cc2cccnc2)Cc2ccco2)c1. The van der Waals surface area contributed by atoms with Crippen molar-refractivity contribution in [3.05, 3.63) is 82.5 Å². The van der Waals surface area contributed by atoms with Crippen molar-refractivity contribution in [1.82, 2.24) is 9.88 Å². The van der Waals surface area contributed by atoms with E-state index in [1.165, 1.54) is 0 Å². The lowest BCUT2D eigenvalue weighted by Gasteiger charge is -2.22. The van der Waals surface area contributed by atoms with Crippen molar-refractivity contribution >= 4 is 21.8 Å². The maximum atomic E-state index is 13.1. The van der Waals surface area contributed by atoms with Gasteiger partial charge in [0.15, 0.2) is 0 Å². The average molecular weight is 401 g/mol. The van der Waals surface area contributed by atoms with E-state index in [1.807, 2.05) is 24.3 Å². The Kier molecular flexibility index (Phi) is 5.50. The Labute approximate surface area is 154 Å². The number of hydrogen-bond acceptors (Lipinski definition) is 4. The van der Waals surface area contributed by atoms with E-state index in [4.69, 9.17) is 9.15 Å². The van der Waals surface area contributed by atoms with Gasteiger partial charge in [0.05, 0.1) is 25.5 Å². The van der Waals surface area contributed by atoms with E-state index in [9.17, 15) is 4.79 Å². The summed E-state index contributed by atoms with van der Waals surface area (Å²) in [5.41, 5.74) is 1.48. The molecule has 0 radical (unpaired) electrons. The zero-order valence-electron chi connectivity index (χ0n) is 13.7. The van der Waals surface area contributed by atoms with Gasteiger partial charge >= 0.3 is 0 Å². The highest BCUT2D eigenvalue weighted by molar-refractivity contribution is 9.10. The summed E-state index contributed by atoms with van der Waals surface area (Å²) in [6.45, 7) is 0.793. The van der Waals surface area contributed by atoms with Crippen LogP contribution in [0.1, 0.15) is 21.7 Å². The average Bonchev–Trinajstić information content (AvgIpc) is 3.15. The Hall–Kier alpha value is -2.60. The molecule has 128 valence electrons. The zero-order chi connectivity index (χ0) is 17.6. The third-order valence-corrected chi connectivity index (χ3v) is 4.41. The molecule has 6 heteroatoms. The highest BCUT2D eigenvalue weighted by Crippen LogP contribution is 2.25. The number of nitrogens with zero attached hydrogens (tertiary/aromatic N) is 2. The van der Waals surface area contributed by atoms with Crippen LogP contribution in [-0.2, 0) is 13.1 Å². The van der Waals surface area contributed by atoms with Gasteiger partial charge in [-0.15, -0.1) is 0 Å². The van der Waals surface area contributed by atoms with Gasteiger partial charge in [-0.25, -0.2) is 0 Å². The number of carbonyl (C=O) groups is 1. The maximum Gasteiger partial charge on any atom is 0.255 e. The van der Waals surface area contributed by atoms with E-state index >= 15 is 0 Å². The summed E-state index contributed by atoms with van der Waals surface area (Å²) in [7, 11) is 1.58. The number of halogens is 1. The monoisotopic (exact) mass is 400 g/mol. The van der Waals surface area contributed by atoms with Crippen LogP contribution in [0.2, 0.25) is 0 Å². The normalized spacial score (nSPS) is 10.5. The first-order valence-corrected chi connectivity index (χ1v) is 8.51. The van der Waals surface area contributed by atoms with E-state index < -0.39 is 0 Å². The second-order valence-electron chi connectivity index (χ2n) is 5.45. The summed E-state index contributed by atoms with van der Waals surface area (Å²) >= 11 is 3.45. The number of methoxy groups -OCH3 is 1. The molecule has 0 saturated heterocycles. The Morgan fingerprint density at radius 1 is 1.24 bits per heavy atom. The van der Waals surface area contributed by atoms with Gasteiger partial charge in [-0.1, -0.05) is 6.07 Å². The van der Waals surface area contributed by atoms with E-state index in [0.29, 0.717) is 28.9 Å². The van der Waals surface area contributed by atoms with E-state index in [0.717, 1.165) is 11.3 Å². The Balaban J connectivity index is 1.91. The zero-order valence-corrected chi connectivity index (χ0v) is 15.3. The summed E-state index contributed by atoms with van der Waals surface area (Å²) in [6, 6.07) is 12.8. The van der Waals surface area contributed by atoms with Gasteiger partial charge in [-0.3, -0.25) is 9.78 Å². The predicted molar refractivity (Wildman–Crippen MR) is 97.2 cm³/mol. The topological polar surface area (TPSA) is 55.6 Å².